The van der Waals surface area contributed by atoms with Crippen molar-refractivity contribution in [3.63, 3.8) is 0 Å². The van der Waals surface area contributed by atoms with Crippen LogP contribution >= 0.6 is 93.2 Å². The van der Waals surface area contributed by atoms with Crippen LogP contribution in [0.15, 0.2) is 19.6 Å². The lowest BCUT2D eigenvalue weighted by Gasteiger charge is -2.13. The van der Waals surface area contributed by atoms with E-state index in [1.807, 2.05) is 69.7 Å². The van der Waals surface area contributed by atoms with Crippen LogP contribution in [0.2, 0.25) is 0 Å². The second-order valence-electron chi connectivity index (χ2n) is 5.09. The highest BCUT2D eigenvalue weighted by Crippen LogP contribution is 2.55. The molecule has 0 N–H and O–H groups in total. The molecule has 1 aliphatic heterocycles. The first kappa shape index (κ1) is 20.2. The van der Waals surface area contributed by atoms with E-state index >= 15 is 0 Å². The molecule has 0 nitrogen and oxygen atoms in total. The number of hydrogen-bond donors (Lipinski definition) is 0. The third-order valence-electron chi connectivity index (χ3n) is 3.40. The summed E-state index contributed by atoms with van der Waals surface area (Å²) in [5, 5.41) is 2.26. The van der Waals surface area contributed by atoms with Crippen LogP contribution in [-0.2, 0) is 0 Å². The minimum Gasteiger partial charge on any atom is -0.154 e. The highest BCUT2D eigenvalue weighted by atomic mass is 32.2. The van der Waals surface area contributed by atoms with E-state index < -0.39 is 0 Å². The number of thiophene rings is 2. The molecule has 0 saturated carbocycles. The number of aryl methyl sites for hydroxylation is 2. The zero-order valence-corrected chi connectivity index (χ0v) is 20.6. The molecule has 3 rings (SSSR count). The third-order valence-corrected chi connectivity index (χ3v) is 13.4. The zero-order valence-electron chi connectivity index (χ0n) is 14.1. The average Bonchev–Trinajstić information content (AvgIpc) is 3.08. The van der Waals surface area contributed by atoms with E-state index in [1.165, 1.54) is 40.8 Å². The minimum absolute atomic E-state index is 1.13. The van der Waals surface area contributed by atoms with Gasteiger partial charge in [-0.3, -0.25) is 0 Å². The van der Waals surface area contributed by atoms with Crippen LogP contribution in [0.5, 0.6) is 0 Å². The Morgan fingerprint density at radius 2 is 1.33 bits per heavy atom. The molecule has 0 bridgehead atoms. The summed E-state index contributed by atoms with van der Waals surface area (Å²) in [6.45, 7) is 4.60. The van der Waals surface area contributed by atoms with Crippen molar-refractivity contribution in [2.24, 2.45) is 0 Å². The Morgan fingerprint density at radius 3 is 2.00 bits per heavy atom. The molecule has 1 aliphatic rings. The van der Waals surface area contributed by atoms with Gasteiger partial charge in [-0.2, -0.15) is 23.5 Å². The number of rotatable bonds is 7. The van der Waals surface area contributed by atoms with Crippen molar-refractivity contribution >= 4 is 93.2 Å². The Morgan fingerprint density at radius 1 is 0.750 bits per heavy atom. The quantitative estimate of drug-likeness (QED) is 0.295. The van der Waals surface area contributed by atoms with Gasteiger partial charge in [0.1, 0.15) is 0 Å². The van der Waals surface area contributed by atoms with Crippen molar-refractivity contribution in [2.45, 2.75) is 33.4 Å². The fourth-order valence-electron chi connectivity index (χ4n) is 2.44. The number of hydrogen-bond acceptors (Lipinski definition) is 8. The largest absolute Gasteiger partial charge is 0.154 e. The van der Waals surface area contributed by atoms with Crippen LogP contribution in [0, 0.1) is 13.8 Å². The van der Waals surface area contributed by atoms with Gasteiger partial charge in [0, 0.05) is 51.0 Å². The highest BCUT2D eigenvalue weighted by molar-refractivity contribution is 8.17. The molecule has 0 unspecified atom stereocenters. The van der Waals surface area contributed by atoms with E-state index in [0.717, 1.165) is 10.2 Å². The smallest absolute Gasteiger partial charge is 0.0605 e. The molecule has 0 aliphatic carbocycles. The van der Waals surface area contributed by atoms with Crippen molar-refractivity contribution in [1.82, 2.24) is 0 Å². The van der Waals surface area contributed by atoms with Gasteiger partial charge in [-0.1, -0.05) is 0 Å². The molecular weight excluding hydrogens is 449 g/mol. The molecule has 0 saturated heterocycles. The van der Waals surface area contributed by atoms with Crippen molar-refractivity contribution in [2.75, 3.05) is 34.2 Å². The van der Waals surface area contributed by atoms with Gasteiger partial charge < -0.3 is 0 Å². The molecular formula is C16H20S8. The molecule has 24 heavy (non-hydrogen) atoms. The first-order valence-corrected chi connectivity index (χ1v) is 15.8. The van der Waals surface area contributed by atoms with Crippen molar-refractivity contribution in [3.8, 4) is 9.75 Å². The van der Waals surface area contributed by atoms with Crippen molar-refractivity contribution < 1.29 is 0 Å². The first-order valence-electron chi connectivity index (χ1n) is 7.43. The SMILES string of the molecule is CSCSc1c(C)sc(-c2sc(C)c3c2SCCS3)c1SCSC. The van der Waals surface area contributed by atoms with E-state index in [2.05, 4.69) is 49.9 Å². The van der Waals surface area contributed by atoms with Gasteiger partial charge in [-0.05, 0) is 26.4 Å². The molecule has 132 valence electrons. The summed E-state index contributed by atoms with van der Waals surface area (Å²) in [6.07, 6.45) is 4.39. The van der Waals surface area contributed by atoms with Gasteiger partial charge in [0.15, 0.2) is 0 Å². The standard InChI is InChI=1S/C16H20S8/c1-9-11-13(20-6-5-19-11)15(23-9)16-14(22-8-18-4)12(10(2)24-16)21-7-17-3/h5-8H2,1-4H3. The second-order valence-corrected chi connectivity index (χ2v) is 14.2. The zero-order chi connectivity index (χ0) is 17.1. The number of thioether (sulfide) groups is 6. The maximum absolute atomic E-state index is 2.30. The first-order chi connectivity index (χ1) is 11.7. The average molecular weight is 469 g/mol. The predicted octanol–water partition coefficient (Wildman–Crippen LogP) is 8.12. The van der Waals surface area contributed by atoms with E-state index in [-0.39, 0.29) is 0 Å². The van der Waals surface area contributed by atoms with Gasteiger partial charge in [-0.15, -0.1) is 69.7 Å². The van der Waals surface area contributed by atoms with Crippen LogP contribution in [-0.4, -0.2) is 34.2 Å². The molecule has 0 atom stereocenters. The molecule has 2 aromatic rings. The maximum atomic E-state index is 2.30. The fourth-order valence-corrected chi connectivity index (χ4v) is 11.6. The maximum Gasteiger partial charge on any atom is 0.0605 e. The molecule has 0 amide bonds. The van der Waals surface area contributed by atoms with Crippen molar-refractivity contribution in [1.29, 1.82) is 0 Å². The van der Waals surface area contributed by atoms with E-state index in [9.17, 15) is 0 Å². The van der Waals surface area contributed by atoms with Crippen LogP contribution < -0.4 is 0 Å². The van der Waals surface area contributed by atoms with Crippen LogP contribution in [0.1, 0.15) is 9.75 Å². The molecule has 2 aromatic heterocycles. The lowest BCUT2D eigenvalue weighted by atomic mass is 10.3. The van der Waals surface area contributed by atoms with Crippen LogP contribution in [0.4, 0.5) is 0 Å². The molecule has 8 heteroatoms. The monoisotopic (exact) mass is 468 g/mol. The third kappa shape index (κ3) is 4.32. The summed E-state index contributed by atoms with van der Waals surface area (Å²) in [5.74, 6) is 2.49. The van der Waals surface area contributed by atoms with Gasteiger partial charge in [0.05, 0.1) is 9.75 Å². The van der Waals surface area contributed by atoms with Gasteiger partial charge in [-0.25, -0.2) is 0 Å². The molecule has 0 aromatic carbocycles. The van der Waals surface area contributed by atoms with Gasteiger partial charge in [0.2, 0.25) is 0 Å². The topological polar surface area (TPSA) is 0 Å². The Kier molecular flexibility index (Phi) is 8.11. The van der Waals surface area contributed by atoms with E-state index in [4.69, 9.17) is 0 Å². The van der Waals surface area contributed by atoms with Crippen molar-refractivity contribution in [3.05, 3.63) is 9.75 Å². The fraction of sp³-hybridized carbons (Fsp3) is 0.500. The summed E-state index contributed by atoms with van der Waals surface area (Å²) < 4.78 is 0. The highest BCUT2D eigenvalue weighted by Gasteiger charge is 2.26. The molecule has 0 radical (unpaired) electrons. The Balaban J connectivity index is 2.07. The predicted molar refractivity (Wildman–Crippen MR) is 127 cm³/mol. The summed E-state index contributed by atoms with van der Waals surface area (Å²) >= 11 is 16.0. The summed E-state index contributed by atoms with van der Waals surface area (Å²) in [7, 11) is 0. The normalized spacial score (nSPS) is 14.2. The lowest BCUT2D eigenvalue weighted by molar-refractivity contribution is 1.23. The lowest BCUT2D eigenvalue weighted by Crippen LogP contribution is -1.92. The Labute approximate surface area is 178 Å². The molecule has 0 spiro atoms. The molecule has 0 fully saturated rings. The van der Waals surface area contributed by atoms with Crippen LogP contribution in [0.3, 0.4) is 0 Å². The molecule has 3 heterocycles. The summed E-state index contributed by atoms with van der Waals surface area (Å²) in [6, 6.07) is 0. The summed E-state index contributed by atoms with van der Waals surface area (Å²) in [5.41, 5.74) is 0. The van der Waals surface area contributed by atoms with Gasteiger partial charge >= 0.3 is 0 Å². The van der Waals surface area contributed by atoms with E-state index in [1.54, 1.807) is 9.79 Å². The van der Waals surface area contributed by atoms with E-state index in [0.29, 0.717) is 0 Å². The number of fused-ring (bicyclic) bond motifs is 1. The Bertz CT molecular complexity index is 699. The van der Waals surface area contributed by atoms with Gasteiger partial charge in [0.25, 0.3) is 0 Å². The van der Waals surface area contributed by atoms with Crippen LogP contribution in [0.25, 0.3) is 9.75 Å². The minimum atomic E-state index is 1.13. The summed E-state index contributed by atoms with van der Waals surface area (Å²) in [4.78, 5) is 12.2. The Hall–Kier alpha value is 1.50. The second kappa shape index (κ2) is 9.62.